The van der Waals surface area contributed by atoms with Gasteiger partial charge < -0.3 is 4.74 Å². The Morgan fingerprint density at radius 3 is 2.31 bits per heavy atom. The zero-order valence-electron chi connectivity index (χ0n) is 8.20. The van der Waals surface area contributed by atoms with Crippen LogP contribution in [0.3, 0.4) is 0 Å². The van der Waals surface area contributed by atoms with Gasteiger partial charge in [-0.05, 0) is 25.3 Å². The molecule has 0 saturated heterocycles. The molecule has 0 fully saturated rings. The number of amides is 1. The lowest BCUT2D eigenvalue weighted by atomic mass is 10.2. The van der Waals surface area contributed by atoms with Gasteiger partial charge in [-0.25, -0.2) is 4.79 Å². The summed E-state index contributed by atoms with van der Waals surface area (Å²) in [6.07, 6.45) is -0.683. The molecular formula is C7H15NO4P+. The molecule has 13 heavy (non-hydrogen) atoms. The minimum absolute atomic E-state index is 0.592. The fourth-order valence-electron chi connectivity index (χ4n) is 0.533. The first kappa shape index (κ1) is 12.3. The summed E-state index contributed by atoms with van der Waals surface area (Å²) in [4.78, 5) is 19.6. The highest BCUT2D eigenvalue weighted by molar-refractivity contribution is 7.38. The fourth-order valence-corrected chi connectivity index (χ4v) is 0.749. The van der Waals surface area contributed by atoms with Crippen LogP contribution in [-0.2, 0) is 9.30 Å². The van der Waals surface area contributed by atoms with Gasteiger partial charge in [0.2, 0.25) is 0 Å². The van der Waals surface area contributed by atoms with E-state index in [1.54, 1.807) is 20.8 Å². The van der Waals surface area contributed by atoms with E-state index in [9.17, 15) is 9.36 Å². The van der Waals surface area contributed by atoms with Crippen molar-refractivity contribution in [3.8, 4) is 0 Å². The molecule has 0 aliphatic rings. The molecule has 6 heteroatoms. The van der Waals surface area contributed by atoms with Gasteiger partial charge in [-0.2, -0.15) is 4.89 Å². The average Bonchev–Trinajstić information content (AvgIpc) is 1.81. The minimum Gasteiger partial charge on any atom is -0.444 e. The molecule has 0 aromatic heterocycles. The van der Waals surface area contributed by atoms with E-state index in [0.717, 1.165) is 0 Å². The Morgan fingerprint density at radius 2 is 2.00 bits per heavy atom. The van der Waals surface area contributed by atoms with Crippen LogP contribution in [0.25, 0.3) is 0 Å². The van der Waals surface area contributed by atoms with Crippen molar-refractivity contribution in [1.29, 1.82) is 0 Å². The van der Waals surface area contributed by atoms with Crippen LogP contribution in [0.15, 0.2) is 0 Å². The van der Waals surface area contributed by atoms with Crippen molar-refractivity contribution >= 4 is 14.1 Å². The Balaban J connectivity index is 3.96. The maximum absolute atomic E-state index is 11.0. The summed E-state index contributed by atoms with van der Waals surface area (Å²) < 4.78 is 15.3. The quantitative estimate of drug-likeness (QED) is 0.675. The normalized spacial score (nSPS) is 14.7. The van der Waals surface area contributed by atoms with Crippen molar-refractivity contribution in [2.24, 2.45) is 0 Å². The molecule has 1 amide bonds. The predicted octanol–water partition coefficient (Wildman–Crippen LogP) is 1.59. The van der Waals surface area contributed by atoms with Crippen LogP contribution in [0.1, 0.15) is 27.7 Å². The standard InChI is InChI=1S/C7H14NO4P/c1-5(13(10)11)8-6(9)12-7(2,3)4/h5H,1-4H3,(H-,8,9,10,11)/p+1. The predicted molar refractivity (Wildman–Crippen MR) is 48.7 cm³/mol. The SMILES string of the molecule is CC(NC(=O)OC(C)(C)C)[P+](=O)O. The van der Waals surface area contributed by atoms with Gasteiger partial charge >= 0.3 is 14.1 Å². The molecule has 0 heterocycles. The first-order valence-corrected chi connectivity index (χ1v) is 5.15. The van der Waals surface area contributed by atoms with Gasteiger partial charge in [0.1, 0.15) is 5.60 Å². The molecule has 2 N–H and O–H groups in total. The number of hydrogen-bond donors (Lipinski definition) is 2. The Morgan fingerprint density at radius 1 is 1.54 bits per heavy atom. The third-order valence-electron chi connectivity index (χ3n) is 1.06. The molecule has 2 unspecified atom stereocenters. The van der Waals surface area contributed by atoms with E-state index in [0.29, 0.717) is 0 Å². The molecular weight excluding hydrogens is 193 g/mol. The third-order valence-corrected chi connectivity index (χ3v) is 1.85. The van der Waals surface area contributed by atoms with Crippen LogP contribution >= 0.6 is 8.03 Å². The number of rotatable bonds is 2. The summed E-state index contributed by atoms with van der Waals surface area (Å²) >= 11 is 0. The van der Waals surface area contributed by atoms with Crippen LogP contribution < -0.4 is 5.32 Å². The maximum Gasteiger partial charge on any atom is 0.530 e. The topological polar surface area (TPSA) is 75.6 Å². The van der Waals surface area contributed by atoms with Crippen molar-refractivity contribution in [3.05, 3.63) is 0 Å². The van der Waals surface area contributed by atoms with E-state index >= 15 is 0 Å². The second-order valence-corrected chi connectivity index (χ2v) is 5.00. The van der Waals surface area contributed by atoms with Gasteiger partial charge in [-0.3, -0.25) is 5.32 Å². The van der Waals surface area contributed by atoms with Crippen molar-refractivity contribution in [1.82, 2.24) is 5.32 Å². The van der Waals surface area contributed by atoms with Gasteiger partial charge in [0.05, 0.1) is 0 Å². The van der Waals surface area contributed by atoms with Gasteiger partial charge in [0, 0.05) is 6.92 Å². The number of carbonyl (C=O) groups is 1. The van der Waals surface area contributed by atoms with E-state index in [-0.39, 0.29) is 0 Å². The number of nitrogens with one attached hydrogen (secondary N) is 1. The summed E-state index contributed by atoms with van der Waals surface area (Å²) in [7, 11) is -2.40. The second-order valence-electron chi connectivity index (χ2n) is 3.62. The number of ether oxygens (including phenoxy) is 1. The molecule has 0 spiro atoms. The van der Waals surface area contributed by atoms with Crippen molar-refractivity contribution in [2.45, 2.75) is 39.1 Å². The van der Waals surface area contributed by atoms with E-state index in [1.807, 2.05) is 0 Å². The third kappa shape index (κ3) is 6.49. The molecule has 0 aliphatic heterocycles. The van der Waals surface area contributed by atoms with Crippen LogP contribution in [0.4, 0.5) is 4.79 Å². The van der Waals surface area contributed by atoms with Gasteiger partial charge in [0.25, 0.3) is 5.78 Å². The monoisotopic (exact) mass is 208 g/mol. The highest BCUT2D eigenvalue weighted by Crippen LogP contribution is 2.19. The zero-order chi connectivity index (χ0) is 10.6. The maximum atomic E-state index is 11.0. The highest BCUT2D eigenvalue weighted by atomic mass is 31.1. The summed E-state index contributed by atoms with van der Waals surface area (Å²) in [5.41, 5.74) is -0.592. The van der Waals surface area contributed by atoms with Crippen LogP contribution in [0, 0.1) is 0 Å². The summed E-state index contributed by atoms with van der Waals surface area (Å²) in [5, 5.41) is 2.24. The summed E-state index contributed by atoms with van der Waals surface area (Å²) in [6.45, 7) is 6.59. The van der Waals surface area contributed by atoms with Crippen molar-refractivity contribution in [2.75, 3.05) is 0 Å². The van der Waals surface area contributed by atoms with Crippen LogP contribution in [0.2, 0.25) is 0 Å². The molecule has 2 atom stereocenters. The zero-order valence-corrected chi connectivity index (χ0v) is 9.09. The van der Waals surface area contributed by atoms with E-state index in [1.165, 1.54) is 6.92 Å². The van der Waals surface area contributed by atoms with E-state index < -0.39 is 25.5 Å². The van der Waals surface area contributed by atoms with E-state index in [2.05, 4.69) is 5.32 Å². The van der Waals surface area contributed by atoms with Crippen molar-refractivity contribution in [3.63, 3.8) is 0 Å². The molecule has 0 aromatic carbocycles. The summed E-state index contributed by atoms with van der Waals surface area (Å²) in [6, 6.07) is 0. The molecule has 0 aliphatic carbocycles. The van der Waals surface area contributed by atoms with Crippen molar-refractivity contribution < 1.29 is 19.0 Å². The summed E-state index contributed by atoms with van der Waals surface area (Å²) in [5.74, 6) is -0.787. The highest BCUT2D eigenvalue weighted by Gasteiger charge is 2.27. The first-order valence-electron chi connectivity index (χ1n) is 3.87. The Bertz CT molecular complexity index is 211. The van der Waals surface area contributed by atoms with Gasteiger partial charge in [0.15, 0.2) is 0 Å². The Labute approximate surface area is 78.3 Å². The molecule has 5 nitrogen and oxygen atoms in total. The minimum atomic E-state index is -2.40. The molecule has 0 radical (unpaired) electrons. The fraction of sp³-hybridized carbons (Fsp3) is 0.857. The molecule has 0 bridgehead atoms. The van der Waals surface area contributed by atoms with E-state index in [4.69, 9.17) is 9.63 Å². The molecule has 0 aromatic rings. The Hall–Kier alpha value is -0.670. The van der Waals surface area contributed by atoms with Crippen LogP contribution in [0.5, 0.6) is 0 Å². The number of carbonyl (C=O) groups excluding carboxylic acids is 1. The van der Waals surface area contributed by atoms with Gasteiger partial charge in [-0.15, -0.1) is 0 Å². The van der Waals surface area contributed by atoms with Crippen LogP contribution in [-0.4, -0.2) is 22.4 Å². The molecule has 76 valence electrons. The molecule has 0 rings (SSSR count). The lowest BCUT2D eigenvalue weighted by molar-refractivity contribution is 0.0521. The lowest BCUT2D eigenvalue weighted by Crippen LogP contribution is -2.36. The number of alkyl carbamates (subject to hydrolysis) is 1. The Kier molecular flexibility index (Phi) is 4.30. The van der Waals surface area contributed by atoms with Gasteiger partial charge in [-0.1, -0.05) is 0 Å². The first-order chi connectivity index (χ1) is 5.72. The average molecular weight is 208 g/mol. The number of hydrogen-bond acceptors (Lipinski definition) is 3. The smallest absolute Gasteiger partial charge is 0.444 e. The molecule has 0 saturated carbocycles. The second kappa shape index (κ2) is 4.53. The largest absolute Gasteiger partial charge is 0.530 e. The lowest BCUT2D eigenvalue weighted by Gasteiger charge is -2.19.